The van der Waals surface area contributed by atoms with Crippen LogP contribution in [0.5, 0.6) is 0 Å². The molecule has 22 heavy (non-hydrogen) atoms. The SMILES string of the molecule is Cc1ccc(Nc2ccc(C(=O)NC3CCCC3)cn2)cc1. The van der Waals surface area contributed by atoms with Crippen molar-refractivity contribution in [3.63, 3.8) is 0 Å². The van der Waals surface area contributed by atoms with E-state index in [0.717, 1.165) is 24.3 Å². The molecule has 1 aliphatic rings. The normalized spacial score (nSPS) is 14.8. The van der Waals surface area contributed by atoms with E-state index in [2.05, 4.69) is 22.5 Å². The van der Waals surface area contributed by atoms with Crippen LogP contribution in [0.2, 0.25) is 0 Å². The molecule has 2 N–H and O–H groups in total. The zero-order chi connectivity index (χ0) is 15.4. The second kappa shape index (κ2) is 6.60. The third kappa shape index (κ3) is 3.64. The summed E-state index contributed by atoms with van der Waals surface area (Å²) in [5.74, 6) is 0.711. The van der Waals surface area contributed by atoms with Crippen LogP contribution >= 0.6 is 0 Å². The van der Waals surface area contributed by atoms with E-state index in [4.69, 9.17) is 0 Å². The van der Waals surface area contributed by atoms with Crippen LogP contribution in [-0.4, -0.2) is 16.9 Å². The van der Waals surface area contributed by atoms with E-state index in [1.807, 2.05) is 36.4 Å². The average molecular weight is 295 g/mol. The Morgan fingerprint density at radius 1 is 1.09 bits per heavy atom. The second-order valence-corrected chi connectivity index (χ2v) is 5.88. The summed E-state index contributed by atoms with van der Waals surface area (Å²) in [6.07, 6.45) is 6.23. The van der Waals surface area contributed by atoms with Crippen LogP contribution in [0.25, 0.3) is 0 Å². The molecule has 3 rings (SSSR count). The summed E-state index contributed by atoms with van der Waals surface area (Å²) in [7, 11) is 0. The molecule has 0 spiro atoms. The molecule has 1 fully saturated rings. The van der Waals surface area contributed by atoms with Crippen molar-refractivity contribution in [1.82, 2.24) is 10.3 Å². The number of benzene rings is 1. The molecule has 4 heteroatoms. The lowest BCUT2D eigenvalue weighted by atomic mass is 10.2. The van der Waals surface area contributed by atoms with Crippen molar-refractivity contribution in [3.8, 4) is 0 Å². The van der Waals surface area contributed by atoms with Crippen molar-refractivity contribution in [2.45, 2.75) is 38.6 Å². The zero-order valence-electron chi connectivity index (χ0n) is 12.8. The predicted molar refractivity (Wildman–Crippen MR) is 88.4 cm³/mol. The molecule has 4 nitrogen and oxygen atoms in total. The number of nitrogens with one attached hydrogen (secondary N) is 2. The highest BCUT2D eigenvalue weighted by Gasteiger charge is 2.17. The molecule has 0 atom stereocenters. The molecule has 1 heterocycles. The maximum atomic E-state index is 12.1. The molecule has 1 aliphatic carbocycles. The van der Waals surface area contributed by atoms with Gasteiger partial charge in [0, 0.05) is 17.9 Å². The minimum atomic E-state index is -0.0266. The van der Waals surface area contributed by atoms with Gasteiger partial charge in [0.2, 0.25) is 0 Å². The molecule has 1 amide bonds. The Kier molecular flexibility index (Phi) is 4.37. The van der Waals surface area contributed by atoms with E-state index in [0.29, 0.717) is 11.6 Å². The highest BCUT2D eigenvalue weighted by atomic mass is 16.1. The van der Waals surface area contributed by atoms with Crippen LogP contribution in [-0.2, 0) is 0 Å². The number of amides is 1. The standard InChI is InChI=1S/C18H21N3O/c1-13-6-9-16(10-7-13)20-17-11-8-14(12-19-17)18(22)21-15-4-2-3-5-15/h6-12,15H,2-5H2,1H3,(H,19,20)(H,21,22). The fraction of sp³-hybridized carbons (Fsp3) is 0.333. The molecular weight excluding hydrogens is 274 g/mol. The van der Waals surface area contributed by atoms with Crippen molar-refractivity contribution >= 4 is 17.4 Å². The quantitative estimate of drug-likeness (QED) is 0.902. The van der Waals surface area contributed by atoms with Gasteiger partial charge < -0.3 is 10.6 Å². The molecular formula is C18H21N3O. The Morgan fingerprint density at radius 2 is 1.82 bits per heavy atom. The number of anilines is 2. The fourth-order valence-corrected chi connectivity index (χ4v) is 2.73. The maximum Gasteiger partial charge on any atom is 0.253 e. The Labute approximate surface area is 131 Å². The van der Waals surface area contributed by atoms with Gasteiger partial charge in [0.15, 0.2) is 0 Å². The maximum absolute atomic E-state index is 12.1. The van der Waals surface area contributed by atoms with Gasteiger partial charge in [-0.25, -0.2) is 4.98 Å². The van der Waals surface area contributed by atoms with Crippen molar-refractivity contribution in [2.24, 2.45) is 0 Å². The Hall–Kier alpha value is -2.36. The van der Waals surface area contributed by atoms with Gasteiger partial charge in [-0.15, -0.1) is 0 Å². The first kappa shape index (κ1) is 14.6. The molecule has 0 bridgehead atoms. The first-order chi connectivity index (χ1) is 10.7. The van der Waals surface area contributed by atoms with Gasteiger partial charge in [0.25, 0.3) is 5.91 Å². The molecule has 1 aromatic carbocycles. The topological polar surface area (TPSA) is 54.0 Å². The Morgan fingerprint density at radius 3 is 2.45 bits per heavy atom. The van der Waals surface area contributed by atoms with E-state index < -0.39 is 0 Å². The van der Waals surface area contributed by atoms with Crippen LogP contribution in [0.4, 0.5) is 11.5 Å². The summed E-state index contributed by atoms with van der Waals surface area (Å²) >= 11 is 0. The number of nitrogens with zero attached hydrogens (tertiary/aromatic N) is 1. The van der Waals surface area contributed by atoms with Crippen LogP contribution in [0, 0.1) is 6.92 Å². The largest absolute Gasteiger partial charge is 0.349 e. The minimum absolute atomic E-state index is 0.0266. The third-order valence-electron chi connectivity index (χ3n) is 4.04. The number of carbonyl (C=O) groups excluding carboxylic acids is 1. The van der Waals surface area contributed by atoms with Crippen LogP contribution in [0.1, 0.15) is 41.6 Å². The summed E-state index contributed by atoms with van der Waals surface area (Å²) < 4.78 is 0. The van der Waals surface area contributed by atoms with Crippen LogP contribution < -0.4 is 10.6 Å². The van der Waals surface area contributed by atoms with Gasteiger partial charge >= 0.3 is 0 Å². The molecule has 0 radical (unpaired) electrons. The first-order valence-corrected chi connectivity index (χ1v) is 7.81. The third-order valence-corrected chi connectivity index (χ3v) is 4.04. The number of carbonyl (C=O) groups is 1. The summed E-state index contributed by atoms with van der Waals surface area (Å²) in [4.78, 5) is 16.5. The highest BCUT2D eigenvalue weighted by Crippen LogP contribution is 2.19. The van der Waals surface area contributed by atoms with E-state index in [9.17, 15) is 4.79 Å². The van der Waals surface area contributed by atoms with Gasteiger partial charge in [-0.05, 0) is 44.0 Å². The molecule has 1 aromatic heterocycles. The van der Waals surface area contributed by atoms with Gasteiger partial charge in [-0.3, -0.25) is 4.79 Å². The number of hydrogen-bond acceptors (Lipinski definition) is 3. The summed E-state index contributed by atoms with van der Waals surface area (Å²) in [5.41, 5.74) is 2.82. The lowest BCUT2D eigenvalue weighted by molar-refractivity contribution is 0.0937. The number of rotatable bonds is 4. The van der Waals surface area contributed by atoms with E-state index >= 15 is 0 Å². The summed E-state index contributed by atoms with van der Waals surface area (Å²) in [6, 6.07) is 12.1. The summed E-state index contributed by atoms with van der Waals surface area (Å²) in [6.45, 7) is 2.06. The van der Waals surface area contributed by atoms with Gasteiger partial charge in [-0.2, -0.15) is 0 Å². The molecule has 0 unspecified atom stereocenters. The van der Waals surface area contributed by atoms with E-state index in [-0.39, 0.29) is 5.91 Å². The second-order valence-electron chi connectivity index (χ2n) is 5.88. The van der Waals surface area contributed by atoms with Crippen molar-refractivity contribution < 1.29 is 4.79 Å². The molecule has 0 saturated heterocycles. The van der Waals surface area contributed by atoms with Crippen LogP contribution in [0.3, 0.4) is 0 Å². The smallest absolute Gasteiger partial charge is 0.253 e. The molecule has 2 aromatic rings. The van der Waals surface area contributed by atoms with E-state index in [1.54, 1.807) is 6.20 Å². The summed E-state index contributed by atoms with van der Waals surface area (Å²) in [5, 5.41) is 6.30. The van der Waals surface area contributed by atoms with Crippen molar-refractivity contribution in [3.05, 3.63) is 53.7 Å². The number of aromatic nitrogens is 1. The fourth-order valence-electron chi connectivity index (χ4n) is 2.73. The molecule has 1 saturated carbocycles. The molecule has 114 valence electrons. The number of aryl methyl sites for hydroxylation is 1. The van der Waals surface area contributed by atoms with Gasteiger partial charge in [-0.1, -0.05) is 30.5 Å². The first-order valence-electron chi connectivity index (χ1n) is 7.81. The zero-order valence-corrected chi connectivity index (χ0v) is 12.8. The van der Waals surface area contributed by atoms with Gasteiger partial charge in [0.05, 0.1) is 5.56 Å². The van der Waals surface area contributed by atoms with E-state index in [1.165, 1.54) is 18.4 Å². The Balaban J connectivity index is 1.61. The van der Waals surface area contributed by atoms with Crippen LogP contribution in [0.15, 0.2) is 42.6 Å². The highest BCUT2D eigenvalue weighted by molar-refractivity contribution is 5.94. The minimum Gasteiger partial charge on any atom is -0.349 e. The van der Waals surface area contributed by atoms with Crippen molar-refractivity contribution in [1.29, 1.82) is 0 Å². The lowest BCUT2D eigenvalue weighted by Gasteiger charge is -2.12. The van der Waals surface area contributed by atoms with Gasteiger partial charge in [0.1, 0.15) is 5.82 Å². The lowest BCUT2D eigenvalue weighted by Crippen LogP contribution is -2.32. The molecule has 0 aliphatic heterocycles. The monoisotopic (exact) mass is 295 g/mol. The number of pyridine rings is 1. The van der Waals surface area contributed by atoms with Crippen molar-refractivity contribution in [2.75, 3.05) is 5.32 Å². The number of hydrogen-bond donors (Lipinski definition) is 2. The predicted octanol–water partition coefficient (Wildman–Crippen LogP) is 3.81. The Bertz CT molecular complexity index is 628. The average Bonchev–Trinajstić information content (AvgIpc) is 3.03.